The first-order chi connectivity index (χ1) is 11.6. The lowest BCUT2D eigenvalue weighted by Crippen LogP contribution is -2.22. The first-order valence-electron chi connectivity index (χ1n) is 7.99. The molecule has 0 unspecified atom stereocenters. The van der Waals surface area contributed by atoms with Crippen molar-refractivity contribution in [3.05, 3.63) is 59.2 Å². The summed E-state index contributed by atoms with van der Waals surface area (Å²) >= 11 is 0. The summed E-state index contributed by atoms with van der Waals surface area (Å²) in [5.41, 5.74) is 3.59. The van der Waals surface area contributed by atoms with Gasteiger partial charge in [-0.3, -0.25) is 0 Å². The molecule has 2 amide bonds. The molecule has 0 bridgehead atoms. The molecule has 0 aliphatic rings. The maximum absolute atomic E-state index is 12.4. The molecule has 0 spiro atoms. The number of aryl methyl sites for hydroxylation is 2. The number of carbonyl (C=O) groups is 2. The fourth-order valence-electron chi connectivity index (χ4n) is 2.45. The van der Waals surface area contributed by atoms with E-state index >= 15 is 0 Å². The average Bonchev–Trinajstić information content (AvgIpc) is 2.57. The van der Waals surface area contributed by atoms with E-state index in [1.165, 1.54) is 0 Å². The maximum atomic E-state index is 12.4. The molecule has 0 heterocycles. The number of rotatable bonds is 5. The highest BCUT2D eigenvalue weighted by Crippen LogP contribution is 2.22. The van der Waals surface area contributed by atoms with Crippen LogP contribution < -0.4 is 10.6 Å². The summed E-state index contributed by atoms with van der Waals surface area (Å²) in [6, 6.07) is 12.3. The van der Waals surface area contributed by atoms with E-state index in [1.54, 1.807) is 31.2 Å². The first-order valence-corrected chi connectivity index (χ1v) is 7.99. The van der Waals surface area contributed by atoms with E-state index in [-0.39, 0.29) is 6.61 Å². The first kappa shape index (κ1) is 17.5. The van der Waals surface area contributed by atoms with Crippen LogP contribution in [0.15, 0.2) is 42.5 Å². The minimum absolute atomic E-state index is 0.280. The van der Waals surface area contributed by atoms with Crippen molar-refractivity contribution in [2.75, 3.05) is 17.2 Å². The van der Waals surface area contributed by atoms with E-state index < -0.39 is 12.0 Å². The molecule has 0 saturated heterocycles. The number of amides is 2. The summed E-state index contributed by atoms with van der Waals surface area (Å²) in [6.07, 6.45) is 0.816. The van der Waals surface area contributed by atoms with Crippen molar-refractivity contribution >= 4 is 23.4 Å². The molecule has 126 valence electrons. The maximum Gasteiger partial charge on any atom is 0.340 e. The third kappa shape index (κ3) is 4.13. The van der Waals surface area contributed by atoms with Crippen molar-refractivity contribution in [1.29, 1.82) is 0 Å². The molecule has 0 fully saturated rings. The van der Waals surface area contributed by atoms with Crippen LogP contribution in [0, 0.1) is 6.92 Å². The third-order valence-corrected chi connectivity index (χ3v) is 3.65. The molecule has 0 saturated carbocycles. The Morgan fingerprint density at radius 2 is 1.75 bits per heavy atom. The largest absolute Gasteiger partial charge is 0.462 e. The zero-order chi connectivity index (χ0) is 17.5. The average molecular weight is 326 g/mol. The quantitative estimate of drug-likeness (QED) is 0.801. The molecule has 2 aromatic carbocycles. The second kappa shape index (κ2) is 8.15. The van der Waals surface area contributed by atoms with Crippen LogP contribution in [0.5, 0.6) is 0 Å². The van der Waals surface area contributed by atoms with Gasteiger partial charge in [-0.1, -0.05) is 37.3 Å². The molecule has 0 aromatic heterocycles. The minimum atomic E-state index is -0.460. The van der Waals surface area contributed by atoms with Crippen molar-refractivity contribution in [2.45, 2.75) is 27.2 Å². The van der Waals surface area contributed by atoms with E-state index in [0.717, 1.165) is 23.2 Å². The topological polar surface area (TPSA) is 67.4 Å². The Balaban J connectivity index is 2.18. The number of urea groups is 1. The zero-order valence-electron chi connectivity index (χ0n) is 14.2. The van der Waals surface area contributed by atoms with Crippen molar-refractivity contribution in [1.82, 2.24) is 0 Å². The van der Waals surface area contributed by atoms with Crippen LogP contribution in [-0.2, 0) is 11.2 Å². The minimum Gasteiger partial charge on any atom is -0.462 e. The number of benzene rings is 2. The molecule has 5 nitrogen and oxygen atoms in total. The van der Waals surface area contributed by atoms with E-state index in [4.69, 9.17) is 4.74 Å². The van der Waals surface area contributed by atoms with Crippen LogP contribution >= 0.6 is 0 Å². The molecule has 0 atom stereocenters. The Morgan fingerprint density at radius 3 is 2.46 bits per heavy atom. The highest BCUT2D eigenvalue weighted by molar-refractivity contribution is 6.05. The zero-order valence-corrected chi connectivity index (χ0v) is 14.2. The molecule has 5 heteroatoms. The number of carbonyl (C=O) groups excluding carboxylic acids is 2. The van der Waals surface area contributed by atoms with E-state index in [1.807, 2.05) is 32.0 Å². The van der Waals surface area contributed by atoms with Crippen LogP contribution in [0.3, 0.4) is 0 Å². The Morgan fingerprint density at radius 1 is 1.00 bits per heavy atom. The van der Waals surface area contributed by atoms with Crippen LogP contribution in [-0.4, -0.2) is 18.6 Å². The van der Waals surface area contributed by atoms with Gasteiger partial charge in [0.2, 0.25) is 0 Å². The summed E-state index contributed by atoms with van der Waals surface area (Å²) < 4.78 is 5.01. The van der Waals surface area contributed by atoms with Gasteiger partial charge in [0.05, 0.1) is 17.9 Å². The normalized spacial score (nSPS) is 10.1. The Hall–Kier alpha value is -2.82. The molecule has 2 aromatic rings. The molecule has 0 aliphatic heterocycles. The van der Waals surface area contributed by atoms with Gasteiger partial charge in [-0.05, 0) is 43.5 Å². The SMILES string of the molecule is CCOC(=O)c1ccccc1NC(=O)Nc1c(C)cccc1CC. The fourth-order valence-corrected chi connectivity index (χ4v) is 2.45. The van der Waals surface area contributed by atoms with Gasteiger partial charge in [-0.15, -0.1) is 0 Å². The Labute approximate surface area is 142 Å². The number of hydrogen-bond donors (Lipinski definition) is 2. The van der Waals surface area contributed by atoms with Crippen LogP contribution in [0.1, 0.15) is 35.3 Å². The summed E-state index contributed by atoms with van der Waals surface area (Å²) in [5, 5.41) is 5.60. The summed E-state index contributed by atoms with van der Waals surface area (Å²) in [4.78, 5) is 24.3. The molecule has 2 rings (SSSR count). The number of esters is 1. The van der Waals surface area contributed by atoms with E-state index in [0.29, 0.717) is 11.3 Å². The lowest BCUT2D eigenvalue weighted by Gasteiger charge is -2.15. The standard InChI is InChI=1S/C19H22N2O3/c1-4-14-10-8-9-13(3)17(14)21-19(23)20-16-12-7-6-11-15(16)18(22)24-5-2/h6-12H,4-5H2,1-3H3,(H2,20,21,23). The third-order valence-electron chi connectivity index (χ3n) is 3.65. The molecule has 24 heavy (non-hydrogen) atoms. The van der Waals surface area contributed by atoms with E-state index in [2.05, 4.69) is 10.6 Å². The molecular formula is C19H22N2O3. The van der Waals surface area contributed by atoms with E-state index in [9.17, 15) is 9.59 Å². The smallest absolute Gasteiger partial charge is 0.340 e. The van der Waals surface area contributed by atoms with Crippen LogP contribution in [0.25, 0.3) is 0 Å². The van der Waals surface area contributed by atoms with Crippen LogP contribution in [0.4, 0.5) is 16.2 Å². The predicted molar refractivity (Wildman–Crippen MR) is 95.6 cm³/mol. The van der Waals surface area contributed by atoms with Gasteiger partial charge in [0.1, 0.15) is 0 Å². The lowest BCUT2D eigenvalue weighted by atomic mass is 10.1. The van der Waals surface area contributed by atoms with Crippen molar-refractivity contribution in [3.8, 4) is 0 Å². The van der Waals surface area contributed by atoms with Gasteiger partial charge in [0, 0.05) is 5.69 Å². The molecular weight excluding hydrogens is 304 g/mol. The second-order valence-electron chi connectivity index (χ2n) is 5.31. The van der Waals surface area contributed by atoms with Crippen LogP contribution in [0.2, 0.25) is 0 Å². The molecule has 0 radical (unpaired) electrons. The van der Waals surface area contributed by atoms with Gasteiger partial charge >= 0.3 is 12.0 Å². The van der Waals surface area contributed by atoms with Gasteiger partial charge in [-0.25, -0.2) is 9.59 Å². The summed E-state index contributed by atoms with van der Waals surface area (Å²) in [5.74, 6) is -0.460. The van der Waals surface area contributed by atoms with Gasteiger partial charge < -0.3 is 15.4 Å². The number of ether oxygens (including phenoxy) is 1. The highest BCUT2D eigenvalue weighted by atomic mass is 16.5. The van der Waals surface area contributed by atoms with Gasteiger partial charge in [-0.2, -0.15) is 0 Å². The molecule has 2 N–H and O–H groups in total. The Bertz CT molecular complexity index is 741. The molecule has 0 aliphatic carbocycles. The lowest BCUT2D eigenvalue weighted by molar-refractivity contribution is 0.0527. The van der Waals surface area contributed by atoms with Crippen molar-refractivity contribution in [3.63, 3.8) is 0 Å². The Kier molecular flexibility index (Phi) is 5.95. The monoisotopic (exact) mass is 326 g/mol. The fraction of sp³-hybridized carbons (Fsp3) is 0.263. The predicted octanol–water partition coefficient (Wildman–Crippen LogP) is 4.38. The number of anilines is 2. The summed E-state index contributed by atoms with van der Waals surface area (Å²) in [7, 11) is 0. The second-order valence-corrected chi connectivity index (χ2v) is 5.31. The van der Waals surface area contributed by atoms with Gasteiger partial charge in [0.25, 0.3) is 0 Å². The van der Waals surface area contributed by atoms with Crippen molar-refractivity contribution < 1.29 is 14.3 Å². The summed E-state index contributed by atoms with van der Waals surface area (Å²) in [6.45, 7) is 6.00. The number of para-hydroxylation sites is 2. The number of hydrogen-bond acceptors (Lipinski definition) is 3. The number of nitrogens with one attached hydrogen (secondary N) is 2. The van der Waals surface area contributed by atoms with Gasteiger partial charge in [0.15, 0.2) is 0 Å². The highest BCUT2D eigenvalue weighted by Gasteiger charge is 2.15. The van der Waals surface area contributed by atoms with Crippen molar-refractivity contribution in [2.24, 2.45) is 0 Å².